The molecular formula is C12H15FN2O3. The van der Waals surface area contributed by atoms with Gasteiger partial charge in [-0.1, -0.05) is 6.07 Å². The number of benzene rings is 1. The lowest BCUT2D eigenvalue weighted by atomic mass is 10.1. The second-order valence-corrected chi connectivity index (χ2v) is 4.09. The molecule has 0 aliphatic heterocycles. The number of aromatic carboxylic acids is 1. The lowest BCUT2D eigenvalue weighted by Crippen LogP contribution is -2.35. The second kappa shape index (κ2) is 5.48. The summed E-state index contributed by atoms with van der Waals surface area (Å²) in [6.07, 6.45) is 0. The van der Waals surface area contributed by atoms with Crippen LogP contribution in [0.5, 0.6) is 0 Å². The Morgan fingerprint density at radius 1 is 1.28 bits per heavy atom. The van der Waals surface area contributed by atoms with Gasteiger partial charge in [-0.05, 0) is 12.1 Å². The van der Waals surface area contributed by atoms with Crippen molar-refractivity contribution in [2.45, 2.75) is 0 Å². The molecule has 0 fully saturated rings. The Morgan fingerprint density at radius 3 is 2.39 bits per heavy atom. The van der Waals surface area contributed by atoms with Crippen LogP contribution in [0.1, 0.15) is 10.4 Å². The van der Waals surface area contributed by atoms with Crippen LogP contribution in [0.2, 0.25) is 0 Å². The van der Waals surface area contributed by atoms with Gasteiger partial charge in [-0.3, -0.25) is 4.79 Å². The molecule has 1 amide bonds. The summed E-state index contributed by atoms with van der Waals surface area (Å²) in [5.74, 6) is -2.13. The van der Waals surface area contributed by atoms with Gasteiger partial charge in [0.2, 0.25) is 5.91 Å². The van der Waals surface area contributed by atoms with E-state index in [0.717, 1.165) is 0 Å². The summed E-state index contributed by atoms with van der Waals surface area (Å²) in [5.41, 5.74) is -0.246. The molecule has 1 rings (SSSR count). The van der Waals surface area contributed by atoms with E-state index in [-0.39, 0.29) is 23.7 Å². The highest BCUT2D eigenvalue weighted by Crippen LogP contribution is 2.23. The third-order valence-electron chi connectivity index (χ3n) is 2.47. The number of carbonyl (C=O) groups is 2. The maximum Gasteiger partial charge on any atom is 0.337 e. The molecule has 0 unspecified atom stereocenters. The van der Waals surface area contributed by atoms with Crippen LogP contribution in [-0.4, -0.2) is 49.6 Å². The van der Waals surface area contributed by atoms with E-state index in [0.29, 0.717) is 0 Å². The van der Waals surface area contributed by atoms with E-state index < -0.39 is 11.8 Å². The van der Waals surface area contributed by atoms with E-state index in [2.05, 4.69) is 0 Å². The number of hydrogen-bond donors (Lipinski definition) is 1. The van der Waals surface area contributed by atoms with Crippen molar-refractivity contribution in [3.63, 3.8) is 0 Å². The fraction of sp³-hybridized carbons (Fsp3) is 0.333. The first kappa shape index (κ1) is 14.0. The molecule has 1 aromatic carbocycles. The summed E-state index contributed by atoms with van der Waals surface area (Å²) >= 11 is 0. The van der Waals surface area contributed by atoms with Crippen LogP contribution in [0.3, 0.4) is 0 Å². The van der Waals surface area contributed by atoms with E-state index in [1.54, 1.807) is 14.1 Å². The summed E-state index contributed by atoms with van der Waals surface area (Å²) in [5, 5.41) is 8.99. The van der Waals surface area contributed by atoms with Gasteiger partial charge in [-0.25, -0.2) is 9.18 Å². The Labute approximate surface area is 104 Å². The first-order valence-corrected chi connectivity index (χ1v) is 5.27. The number of likely N-dealkylation sites (N-methyl/N-ethyl adjacent to an activating group) is 2. The molecule has 5 nitrogen and oxygen atoms in total. The number of rotatable bonds is 4. The van der Waals surface area contributed by atoms with Crippen LogP contribution in [0.25, 0.3) is 0 Å². The maximum absolute atomic E-state index is 13.7. The zero-order chi connectivity index (χ0) is 13.9. The molecule has 0 heterocycles. The number of para-hydroxylation sites is 1. The smallest absolute Gasteiger partial charge is 0.337 e. The molecule has 0 aliphatic carbocycles. The average molecular weight is 254 g/mol. The largest absolute Gasteiger partial charge is 0.478 e. The monoisotopic (exact) mass is 254 g/mol. The topological polar surface area (TPSA) is 60.9 Å². The Hall–Kier alpha value is -2.11. The molecule has 0 spiro atoms. The zero-order valence-electron chi connectivity index (χ0n) is 10.5. The standard InChI is InChI=1S/C12H15FN2O3/c1-14(2)10(16)7-15(3)11-8(12(17)18)5-4-6-9(11)13/h4-6H,7H2,1-3H3,(H,17,18). The van der Waals surface area contributed by atoms with Crippen molar-refractivity contribution in [1.29, 1.82) is 0 Å². The second-order valence-electron chi connectivity index (χ2n) is 4.09. The first-order valence-electron chi connectivity index (χ1n) is 5.27. The van der Waals surface area contributed by atoms with Gasteiger partial charge in [-0.2, -0.15) is 0 Å². The number of nitrogens with zero attached hydrogens (tertiary/aromatic N) is 2. The van der Waals surface area contributed by atoms with Gasteiger partial charge in [0.15, 0.2) is 0 Å². The highest BCUT2D eigenvalue weighted by molar-refractivity contribution is 5.95. The predicted molar refractivity (Wildman–Crippen MR) is 65.3 cm³/mol. The average Bonchev–Trinajstić information content (AvgIpc) is 2.27. The first-order chi connectivity index (χ1) is 8.34. The normalized spacial score (nSPS) is 10.0. The molecule has 0 bridgehead atoms. The third kappa shape index (κ3) is 2.97. The lowest BCUT2D eigenvalue weighted by Gasteiger charge is -2.22. The highest BCUT2D eigenvalue weighted by atomic mass is 19.1. The quantitative estimate of drug-likeness (QED) is 0.872. The van der Waals surface area contributed by atoms with Crippen molar-refractivity contribution in [1.82, 2.24) is 4.90 Å². The van der Waals surface area contributed by atoms with Crippen molar-refractivity contribution < 1.29 is 19.1 Å². The number of carbonyl (C=O) groups excluding carboxylic acids is 1. The fourth-order valence-corrected chi connectivity index (χ4v) is 1.50. The lowest BCUT2D eigenvalue weighted by molar-refractivity contribution is -0.127. The summed E-state index contributed by atoms with van der Waals surface area (Å²) in [7, 11) is 4.64. The minimum absolute atomic E-state index is 0.0831. The van der Waals surface area contributed by atoms with Crippen molar-refractivity contribution in [3.05, 3.63) is 29.6 Å². The van der Waals surface area contributed by atoms with Gasteiger partial charge in [0, 0.05) is 21.1 Å². The molecule has 0 saturated carbocycles. The fourth-order valence-electron chi connectivity index (χ4n) is 1.50. The Balaban J connectivity index is 3.08. The van der Waals surface area contributed by atoms with Crippen LogP contribution in [-0.2, 0) is 4.79 Å². The van der Waals surface area contributed by atoms with E-state index in [9.17, 15) is 14.0 Å². The summed E-state index contributed by atoms with van der Waals surface area (Å²) in [6.45, 7) is -0.0891. The van der Waals surface area contributed by atoms with E-state index in [1.165, 1.54) is 35.0 Å². The molecule has 1 aromatic rings. The molecule has 1 N–H and O–H groups in total. The van der Waals surface area contributed by atoms with Gasteiger partial charge in [0.1, 0.15) is 5.82 Å². The van der Waals surface area contributed by atoms with Gasteiger partial charge in [0.05, 0.1) is 17.8 Å². The summed E-state index contributed by atoms with van der Waals surface area (Å²) in [6, 6.07) is 3.79. The van der Waals surface area contributed by atoms with Gasteiger partial charge >= 0.3 is 5.97 Å². The molecule has 0 radical (unpaired) electrons. The molecule has 6 heteroatoms. The van der Waals surface area contributed by atoms with Crippen molar-refractivity contribution in [2.24, 2.45) is 0 Å². The summed E-state index contributed by atoms with van der Waals surface area (Å²) in [4.78, 5) is 25.2. The molecular weight excluding hydrogens is 239 g/mol. The zero-order valence-corrected chi connectivity index (χ0v) is 10.5. The number of amides is 1. The Morgan fingerprint density at radius 2 is 1.89 bits per heavy atom. The molecule has 0 atom stereocenters. The van der Waals surface area contributed by atoms with Gasteiger partial charge in [0.25, 0.3) is 0 Å². The van der Waals surface area contributed by atoms with Crippen molar-refractivity contribution >= 4 is 17.6 Å². The van der Waals surface area contributed by atoms with Crippen LogP contribution >= 0.6 is 0 Å². The Bertz CT molecular complexity index is 474. The number of carboxylic acid groups (broad SMARTS) is 1. The molecule has 0 saturated heterocycles. The van der Waals surface area contributed by atoms with Gasteiger partial charge < -0.3 is 14.9 Å². The Kier molecular flexibility index (Phi) is 4.25. The SMILES string of the molecule is CN(C)C(=O)CN(C)c1c(F)cccc1C(=O)O. The third-order valence-corrected chi connectivity index (χ3v) is 2.47. The minimum atomic E-state index is -1.23. The maximum atomic E-state index is 13.7. The highest BCUT2D eigenvalue weighted by Gasteiger charge is 2.19. The van der Waals surface area contributed by atoms with Crippen molar-refractivity contribution in [2.75, 3.05) is 32.6 Å². The number of carboxylic acids is 1. The number of hydrogen-bond acceptors (Lipinski definition) is 3. The molecule has 98 valence electrons. The van der Waals surface area contributed by atoms with Crippen LogP contribution in [0.4, 0.5) is 10.1 Å². The van der Waals surface area contributed by atoms with E-state index >= 15 is 0 Å². The molecule has 18 heavy (non-hydrogen) atoms. The van der Waals surface area contributed by atoms with E-state index in [1.807, 2.05) is 0 Å². The molecule has 0 aromatic heterocycles. The summed E-state index contributed by atoms with van der Waals surface area (Å²) < 4.78 is 13.7. The van der Waals surface area contributed by atoms with Gasteiger partial charge in [-0.15, -0.1) is 0 Å². The predicted octanol–water partition coefficient (Wildman–Crippen LogP) is 1.05. The van der Waals surface area contributed by atoms with Crippen LogP contribution < -0.4 is 4.90 Å². The minimum Gasteiger partial charge on any atom is -0.478 e. The van der Waals surface area contributed by atoms with Crippen molar-refractivity contribution in [3.8, 4) is 0 Å². The van der Waals surface area contributed by atoms with Crippen LogP contribution in [0.15, 0.2) is 18.2 Å². The van der Waals surface area contributed by atoms with Crippen LogP contribution in [0, 0.1) is 5.82 Å². The van der Waals surface area contributed by atoms with E-state index in [4.69, 9.17) is 5.11 Å². The number of anilines is 1. The number of halogens is 1. The molecule has 0 aliphatic rings.